The van der Waals surface area contributed by atoms with E-state index in [0.29, 0.717) is 0 Å². The molecule has 0 aromatic heterocycles. The van der Waals surface area contributed by atoms with E-state index in [1.54, 1.807) is 118 Å². The Bertz CT molecular complexity index is 1500. The predicted molar refractivity (Wildman–Crippen MR) is 214 cm³/mol. The molecule has 16 nitrogen and oxygen atoms in total. The molecule has 0 radical (unpaired) electrons. The molecule has 4 fully saturated rings. The van der Waals surface area contributed by atoms with E-state index in [0.717, 1.165) is 0 Å². The molecule has 1 unspecified atom stereocenters. The summed E-state index contributed by atoms with van der Waals surface area (Å²) < 4.78 is 75.1. The van der Waals surface area contributed by atoms with Gasteiger partial charge < -0.3 is 56.8 Å². The molecule has 11 atom stereocenters. The minimum absolute atomic E-state index is 0.0762. The van der Waals surface area contributed by atoms with Gasteiger partial charge in [-0.15, -0.1) is 0 Å². The molecule has 0 aromatic rings. The molecular weight excluding hydrogens is 875 g/mol. The van der Waals surface area contributed by atoms with Crippen LogP contribution in [0, 0.1) is 21.7 Å². The fourth-order valence-electron chi connectivity index (χ4n) is 6.22. The number of halogens is 1. The van der Waals surface area contributed by atoms with Crippen molar-refractivity contribution in [2.45, 2.75) is 196 Å². The minimum Gasteiger partial charge on any atom is -0.462 e. The normalized spacial score (nSPS) is 33.3. The van der Waals surface area contributed by atoms with Crippen LogP contribution in [0.2, 0.25) is 0 Å². The van der Waals surface area contributed by atoms with Crippen LogP contribution in [0.15, 0.2) is 0 Å². The summed E-state index contributed by atoms with van der Waals surface area (Å²) in [5, 5.41) is 0. The van der Waals surface area contributed by atoms with E-state index in [4.69, 9.17) is 56.8 Å². The van der Waals surface area contributed by atoms with E-state index in [2.05, 4.69) is 22.6 Å². The highest BCUT2D eigenvalue weighted by atomic mass is 127. The fourth-order valence-corrected chi connectivity index (χ4v) is 6.62. The van der Waals surface area contributed by atoms with Crippen LogP contribution in [0.5, 0.6) is 0 Å². The average molecular weight is 943 g/mol. The van der Waals surface area contributed by atoms with Crippen LogP contribution in [0.1, 0.15) is 118 Å². The van der Waals surface area contributed by atoms with Gasteiger partial charge >= 0.3 is 23.9 Å². The first kappa shape index (κ1) is 49.0. The zero-order valence-corrected chi connectivity index (χ0v) is 39.5. The molecular formula is C41H67IO16. The zero-order valence-electron chi connectivity index (χ0n) is 37.3. The van der Waals surface area contributed by atoms with Crippen LogP contribution >= 0.6 is 22.6 Å². The van der Waals surface area contributed by atoms with Crippen LogP contribution < -0.4 is 0 Å². The summed E-state index contributed by atoms with van der Waals surface area (Å²) in [5.74, 6) is -5.95. The van der Waals surface area contributed by atoms with Gasteiger partial charge in [-0.2, -0.15) is 0 Å². The fraction of sp³-hybridized carbons (Fsp3) is 0.902. The molecule has 0 amide bonds. The van der Waals surface area contributed by atoms with Crippen LogP contribution in [0.25, 0.3) is 0 Å². The second kappa shape index (κ2) is 17.2. The first-order chi connectivity index (χ1) is 26.2. The molecule has 17 heteroatoms. The number of rotatable bonds is 11. The highest BCUT2D eigenvalue weighted by Gasteiger charge is 2.61. The van der Waals surface area contributed by atoms with Gasteiger partial charge in [-0.05, 0) is 118 Å². The topological polar surface area (TPSA) is 179 Å². The SMILES string of the molecule is CC1(C)O[C@H]2[C@@H](O1)[C@@H](COC(C)(CI)O[C@@H]1O[C@H](COC(=O)C(C)(C)C)[C@@H](OC(=O)C(C)(C)C)[C@H](OC(=O)C(C)(C)C)[C@H]1OC(=O)C(C)(C)C)O[C@@H]1OC(C)(C)O[C@@H]12. The quantitative estimate of drug-likeness (QED) is 0.0803. The minimum atomic E-state index is -1.52. The lowest BCUT2D eigenvalue weighted by atomic mass is 9.93. The number of hydrogen-bond donors (Lipinski definition) is 0. The molecule has 0 N–H and O–H groups in total. The maximum Gasteiger partial charge on any atom is 0.311 e. The zero-order chi connectivity index (χ0) is 44.2. The second-order valence-electron chi connectivity index (χ2n) is 20.7. The van der Waals surface area contributed by atoms with Crippen molar-refractivity contribution in [1.82, 2.24) is 0 Å². The molecule has 4 rings (SSSR count). The molecule has 0 aromatic carbocycles. The number of carbonyl (C=O) groups excluding carboxylic acids is 4. The maximum absolute atomic E-state index is 13.7. The standard InChI is InChI=1S/C41H67IO16/c1-35(2,3)31(43)47-18-21-23(51-32(44)36(4,5)6)25(52-33(45)37(7,8)9)27(53-34(46)38(10,11)12)29(49-21)58-41(17,20-42)48-19-22-24-26(55-39(13,14)54-24)28-30(50-22)57-40(15,16)56-28/h21-30H,18-20H2,1-17H3/t21-,22-,23-,24+,25+,26+,27-,28-,29+,30-,41?/m1/s1. The van der Waals surface area contributed by atoms with Crippen molar-refractivity contribution in [1.29, 1.82) is 0 Å². The van der Waals surface area contributed by atoms with Gasteiger partial charge in [0.25, 0.3) is 0 Å². The van der Waals surface area contributed by atoms with Gasteiger partial charge in [-0.3, -0.25) is 19.2 Å². The van der Waals surface area contributed by atoms with Crippen molar-refractivity contribution in [3.05, 3.63) is 0 Å². The number of alkyl halides is 1. The lowest BCUT2D eigenvalue weighted by molar-refractivity contribution is -0.367. The molecule has 0 bridgehead atoms. The summed E-state index contributed by atoms with van der Waals surface area (Å²) in [6.07, 6.45) is -10.3. The van der Waals surface area contributed by atoms with Crippen molar-refractivity contribution in [3.8, 4) is 0 Å². The summed E-state index contributed by atoms with van der Waals surface area (Å²) >= 11 is 2.09. The van der Waals surface area contributed by atoms with Gasteiger partial charge in [0.1, 0.15) is 37.1 Å². The van der Waals surface area contributed by atoms with E-state index < -0.39 is 131 Å². The molecule has 4 heterocycles. The summed E-state index contributed by atoms with van der Waals surface area (Å²) in [7, 11) is 0. The Hall–Kier alpha value is -1.71. The number of hydrogen-bond acceptors (Lipinski definition) is 16. The average Bonchev–Trinajstić information content (AvgIpc) is 3.56. The van der Waals surface area contributed by atoms with Crippen LogP contribution in [0.3, 0.4) is 0 Å². The third kappa shape index (κ3) is 12.0. The van der Waals surface area contributed by atoms with Crippen molar-refractivity contribution in [2.24, 2.45) is 21.7 Å². The lowest BCUT2D eigenvalue weighted by Gasteiger charge is -2.47. The molecule has 0 spiro atoms. The number of carbonyl (C=O) groups is 4. The summed E-state index contributed by atoms with van der Waals surface area (Å²) in [6.45, 7) is 28.3. The van der Waals surface area contributed by atoms with Crippen molar-refractivity contribution in [3.63, 3.8) is 0 Å². The van der Waals surface area contributed by atoms with E-state index >= 15 is 0 Å². The van der Waals surface area contributed by atoms with Gasteiger partial charge in [0, 0.05) is 0 Å². The molecule has 0 saturated carbocycles. The molecule has 0 aliphatic carbocycles. The van der Waals surface area contributed by atoms with Crippen LogP contribution in [0.4, 0.5) is 0 Å². The largest absolute Gasteiger partial charge is 0.462 e. The Morgan fingerprint density at radius 1 is 0.534 bits per heavy atom. The number of esters is 4. The summed E-state index contributed by atoms with van der Waals surface area (Å²) in [6, 6.07) is 0. The third-order valence-electron chi connectivity index (χ3n) is 9.56. The van der Waals surface area contributed by atoms with Crippen molar-refractivity contribution < 1.29 is 76.0 Å². The van der Waals surface area contributed by atoms with Gasteiger partial charge in [-0.25, -0.2) is 0 Å². The van der Waals surface area contributed by atoms with E-state index in [1.807, 2.05) is 0 Å². The monoisotopic (exact) mass is 942 g/mol. The maximum atomic E-state index is 13.7. The third-order valence-corrected chi connectivity index (χ3v) is 10.9. The first-order valence-corrected chi connectivity index (χ1v) is 21.4. The number of ether oxygens (including phenoxy) is 12. The highest BCUT2D eigenvalue weighted by molar-refractivity contribution is 14.1. The van der Waals surface area contributed by atoms with Crippen LogP contribution in [-0.4, -0.2) is 120 Å². The molecule has 334 valence electrons. The Balaban J connectivity index is 1.74. The Morgan fingerprint density at radius 2 is 0.983 bits per heavy atom. The number of fused-ring (bicyclic) bond motifs is 3. The van der Waals surface area contributed by atoms with Gasteiger partial charge in [0.2, 0.25) is 6.29 Å². The van der Waals surface area contributed by atoms with Crippen LogP contribution in [-0.2, 0) is 76.0 Å². The van der Waals surface area contributed by atoms with Gasteiger partial charge in [0.15, 0.2) is 42.0 Å². The molecule has 4 aliphatic rings. The lowest BCUT2D eigenvalue weighted by Crippen LogP contribution is -2.65. The van der Waals surface area contributed by atoms with Crippen molar-refractivity contribution >= 4 is 46.5 Å². The highest BCUT2D eigenvalue weighted by Crippen LogP contribution is 2.45. The van der Waals surface area contributed by atoms with E-state index in [-0.39, 0.29) is 11.0 Å². The van der Waals surface area contributed by atoms with E-state index in [1.165, 1.54) is 0 Å². The molecule has 4 saturated heterocycles. The van der Waals surface area contributed by atoms with Gasteiger partial charge in [-0.1, -0.05) is 22.6 Å². The second-order valence-corrected chi connectivity index (χ2v) is 21.4. The predicted octanol–water partition coefficient (Wildman–Crippen LogP) is 5.76. The summed E-state index contributed by atoms with van der Waals surface area (Å²) in [4.78, 5) is 54.1. The summed E-state index contributed by atoms with van der Waals surface area (Å²) in [5.41, 5.74) is -3.99. The molecule has 58 heavy (non-hydrogen) atoms. The van der Waals surface area contributed by atoms with Gasteiger partial charge in [0.05, 0.1) is 32.7 Å². The Kier molecular flexibility index (Phi) is 14.5. The van der Waals surface area contributed by atoms with E-state index in [9.17, 15) is 19.2 Å². The Morgan fingerprint density at radius 3 is 1.48 bits per heavy atom. The first-order valence-electron chi connectivity index (χ1n) is 19.9. The molecule has 4 aliphatic heterocycles. The Labute approximate surface area is 357 Å². The van der Waals surface area contributed by atoms with Crippen molar-refractivity contribution in [2.75, 3.05) is 17.6 Å². The smallest absolute Gasteiger partial charge is 0.311 e.